The minimum Gasteiger partial charge on any atom is -0.493 e. The predicted octanol–water partition coefficient (Wildman–Crippen LogP) is 4.71. The third kappa shape index (κ3) is 7.33. The van der Waals surface area contributed by atoms with Crippen molar-refractivity contribution in [3.05, 3.63) is 58.1 Å². The molecule has 0 radical (unpaired) electrons. The first kappa shape index (κ1) is 24.8. The van der Waals surface area contributed by atoms with Crippen LogP contribution in [0.2, 0.25) is 10.0 Å². The molecular formula is C23H28Cl2N2O4. The van der Waals surface area contributed by atoms with Crippen molar-refractivity contribution in [2.24, 2.45) is 0 Å². The molecule has 6 nitrogen and oxygen atoms in total. The Balaban J connectivity index is 2.24. The van der Waals surface area contributed by atoms with Crippen LogP contribution in [0.1, 0.15) is 33.3 Å². The van der Waals surface area contributed by atoms with E-state index in [4.69, 9.17) is 32.7 Å². The van der Waals surface area contributed by atoms with Gasteiger partial charge in [0.25, 0.3) is 5.91 Å². The van der Waals surface area contributed by atoms with Gasteiger partial charge >= 0.3 is 0 Å². The molecule has 1 N–H and O–H groups in total. The Morgan fingerprint density at radius 3 is 2.32 bits per heavy atom. The van der Waals surface area contributed by atoms with Crippen molar-refractivity contribution in [1.29, 1.82) is 0 Å². The molecule has 0 aliphatic rings. The van der Waals surface area contributed by atoms with Crippen LogP contribution in [0.25, 0.3) is 0 Å². The van der Waals surface area contributed by atoms with Gasteiger partial charge in [-0.3, -0.25) is 9.59 Å². The quantitative estimate of drug-likeness (QED) is 0.611. The van der Waals surface area contributed by atoms with Gasteiger partial charge in [0.15, 0.2) is 18.1 Å². The molecule has 2 rings (SSSR count). The van der Waals surface area contributed by atoms with E-state index in [0.717, 1.165) is 0 Å². The first-order valence-corrected chi connectivity index (χ1v) is 10.6. The molecule has 0 fully saturated rings. The first-order chi connectivity index (χ1) is 14.5. The van der Waals surface area contributed by atoms with Gasteiger partial charge in [0.1, 0.15) is 6.04 Å². The number of hydrogen-bond acceptors (Lipinski definition) is 4. The summed E-state index contributed by atoms with van der Waals surface area (Å²) in [5, 5.41) is 3.81. The summed E-state index contributed by atoms with van der Waals surface area (Å²) in [6.07, 6.45) is 0. The smallest absolute Gasteiger partial charge is 0.261 e. The normalized spacial score (nSPS) is 12.1. The molecule has 168 valence electrons. The molecule has 2 amide bonds. The minimum atomic E-state index is -0.750. The van der Waals surface area contributed by atoms with E-state index in [1.807, 2.05) is 20.8 Å². The molecule has 1 atom stereocenters. The molecule has 0 aromatic heterocycles. The molecule has 0 bridgehead atoms. The molecule has 2 aromatic rings. The van der Waals surface area contributed by atoms with Crippen molar-refractivity contribution in [3.63, 3.8) is 0 Å². The third-order valence-corrected chi connectivity index (χ3v) is 5.03. The van der Waals surface area contributed by atoms with Crippen LogP contribution in [0.5, 0.6) is 11.5 Å². The van der Waals surface area contributed by atoms with E-state index < -0.39 is 11.6 Å². The highest BCUT2D eigenvalue weighted by Gasteiger charge is 2.29. The van der Waals surface area contributed by atoms with E-state index >= 15 is 0 Å². The molecule has 1 unspecified atom stereocenters. The van der Waals surface area contributed by atoms with Crippen LogP contribution in [0.3, 0.4) is 0 Å². The van der Waals surface area contributed by atoms with Gasteiger partial charge < -0.3 is 19.7 Å². The number of rotatable bonds is 8. The number of benzene rings is 2. The summed E-state index contributed by atoms with van der Waals surface area (Å²) < 4.78 is 10.9. The molecule has 2 aromatic carbocycles. The van der Waals surface area contributed by atoms with Gasteiger partial charge in [0.05, 0.1) is 7.11 Å². The Morgan fingerprint density at radius 1 is 1.10 bits per heavy atom. The fraction of sp³-hybridized carbons (Fsp3) is 0.391. The van der Waals surface area contributed by atoms with Crippen molar-refractivity contribution >= 4 is 35.0 Å². The molecule has 0 aliphatic carbocycles. The van der Waals surface area contributed by atoms with Gasteiger partial charge in [0, 0.05) is 22.1 Å². The van der Waals surface area contributed by atoms with Crippen LogP contribution in [0, 0.1) is 0 Å². The van der Waals surface area contributed by atoms with Crippen LogP contribution in [-0.2, 0) is 16.1 Å². The lowest BCUT2D eigenvalue weighted by Gasteiger charge is -2.31. The highest BCUT2D eigenvalue weighted by atomic mass is 35.5. The van der Waals surface area contributed by atoms with Crippen LogP contribution < -0.4 is 14.8 Å². The Bertz CT molecular complexity index is 928. The van der Waals surface area contributed by atoms with Crippen molar-refractivity contribution < 1.29 is 19.1 Å². The maximum atomic E-state index is 13.1. The van der Waals surface area contributed by atoms with Gasteiger partial charge in [-0.15, -0.1) is 0 Å². The number of ether oxygens (including phenoxy) is 2. The molecule has 0 spiro atoms. The number of carbonyl (C=O) groups excluding carboxylic acids is 2. The maximum Gasteiger partial charge on any atom is 0.261 e. The van der Waals surface area contributed by atoms with Gasteiger partial charge in [-0.25, -0.2) is 0 Å². The second kappa shape index (κ2) is 10.7. The summed E-state index contributed by atoms with van der Waals surface area (Å²) in [5.74, 6) is 0.312. The van der Waals surface area contributed by atoms with E-state index in [1.54, 1.807) is 49.4 Å². The lowest BCUT2D eigenvalue weighted by atomic mass is 10.1. The number of amides is 2. The Morgan fingerprint density at radius 2 is 1.74 bits per heavy atom. The zero-order valence-electron chi connectivity index (χ0n) is 18.4. The lowest BCUT2D eigenvalue weighted by molar-refractivity contribution is -0.142. The average molecular weight is 467 g/mol. The number of hydrogen-bond donors (Lipinski definition) is 1. The fourth-order valence-corrected chi connectivity index (χ4v) is 3.32. The number of nitrogens with zero attached hydrogens (tertiary/aromatic N) is 1. The molecule has 0 aliphatic heterocycles. The summed E-state index contributed by atoms with van der Waals surface area (Å²) >= 11 is 12.3. The third-order valence-electron chi connectivity index (χ3n) is 4.44. The topological polar surface area (TPSA) is 67.9 Å². The maximum absolute atomic E-state index is 13.1. The van der Waals surface area contributed by atoms with E-state index in [9.17, 15) is 9.59 Å². The summed E-state index contributed by atoms with van der Waals surface area (Å²) in [4.78, 5) is 27.3. The van der Waals surface area contributed by atoms with Crippen LogP contribution in [-0.4, -0.2) is 42.0 Å². The molecule has 31 heavy (non-hydrogen) atoms. The van der Waals surface area contributed by atoms with E-state index in [0.29, 0.717) is 27.1 Å². The standard InChI is InChI=1S/C23H28Cl2N2O4/c1-15(22(29)26-23(2,3)4)27(13-16-10-11-17(24)12-18(16)25)21(28)14-31-20-9-7-6-8-19(20)30-5/h6-12,15H,13-14H2,1-5H3,(H,26,29). The highest BCUT2D eigenvalue weighted by Crippen LogP contribution is 2.26. The first-order valence-electron chi connectivity index (χ1n) is 9.83. The zero-order valence-corrected chi connectivity index (χ0v) is 19.9. The lowest BCUT2D eigenvalue weighted by Crippen LogP contribution is -2.53. The second-order valence-electron chi connectivity index (χ2n) is 8.11. The molecule has 0 heterocycles. The largest absolute Gasteiger partial charge is 0.493 e. The molecule has 0 saturated carbocycles. The Kier molecular flexibility index (Phi) is 8.60. The molecule has 0 saturated heterocycles. The van der Waals surface area contributed by atoms with Gasteiger partial charge in [-0.05, 0) is 57.5 Å². The van der Waals surface area contributed by atoms with E-state index in [1.165, 1.54) is 12.0 Å². The van der Waals surface area contributed by atoms with E-state index in [-0.39, 0.29) is 25.0 Å². The average Bonchev–Trinajstić information content (AvgIpc) is 2.70. The number of methoxy groups -OCH3 is 1. The van der Waals surface area contributed by atoms with Gasteiger partial charge in [-0.2, -0.15) is 0 Å². The van der Waals surface area contributed by atoms with Crippen molar-refractivity contribution in [1.82, 2.24) is 10.2 Å². The number of carbonyl (C=O) groups is 2. The highest BCUT2D eigenvalue weighted by molar-refractivity contribution is 6.35. The predicted molar refractivity (Wildman–Crippen MR) is 123 cm³/mol. The monoisotopic (exact) mass is 466 g/mol. The summed E-state index contributed by atoms with van der Waals surface area (Å²) in [6.45, 7) is 7.17. The van der Waals surface area contributed by atoms with Crippen molar-refractivity contribution in [2.45, 2.75) is 45.8 Å². The number of para-hydroxylation sites is 2. The Labute approximate surface area is 193 Å². The number of nitrogens with one attached hydrogen (secondary N) is 1. The van der Waals surface area contributed by atoms with Crippen LogP contribution >= 0.6 is 23.2 Å². The van der Waals surface area contributed by atoms with Crippen LogP contribution in [0.15, 0.2) is 42.5 Å². The van der Waals surface area contributed by atoms with Gasteiger partial charge in [0.2, 0.25) is 5.91 Å². The molecule has 8 heteroatoms. The molecular weight excluding hydrogens is 439 g/mol. The van der Waals surface area contributed by atoms with E-state index in [2.05, 4.69) is 5.32 Å². The summed E-state index contributed by atoms with van der Waals surface area (Å²) in [7, 11) is 1.53. The van der Waals surface area contributed by atoms with Crippen molar-refractivity contribution in [3.8, 4) is 11.5 Å². The minimum absolute atomic E-state index is 0.128. The summed E-state index contributed by atoms with van der Waals surface area (Å²) in [6, 6.07) is 11.3. The van der Waals surface area contributed by atoms with Gasteiger partial charge in [-0.1, -0.05) is 41.4 Å². The van der Waals surface area contributed by atoms with Crippen molar-refractivity contribution in [2.75, 3.05) is 13.7 Å². The second-order valence-corrected chi connectivity index (χ2v) is 8.96. The number of halogens is 2. The summed E-state index contributed by atoms with van der Waals surface area (Å²) in [5.41, 5.74) is 0.235. The SMILES string of the molecule is COc1ccccc1OCC(=O)N(Cc1ccc(Cl)cc1Cl)C(C)C(=O)NC(C)(C)C. The fourth-order valence-electron chi connectivity index (χ4n) is 2.85. The Hall–Kier alpha value is -2.44. The zero-order chi connectivity index (χ0) is 23.2. The van der Waals surface area contributed by atoms with Crippen LogP contribution in [0.4, 0.5) is 0 Å².